The second kappa shape index (κ2) is 10.1. The van der Waals surface area contributed by atoms with Gasteiger partial charge in [0.2, 0.25) is 0 Å². The number of pyridine rings is 1. The zero-order valence-corrected chi connectivity index (χ0v) is 21.3. The molecule has 3 aliphatic heterocycles. The Morgan fingerprint density at radius 3 is 2.57 bits per heavy atom. The van der Waals surface area contributed by atoms with E-state index in [0.717, 1.165) is 43.3 Å². The van der Waals surface area contributed by atoms with Crippen molar-refractivity contribution < 1.29 is 9.59 Å². The molecule has 0 radical (unpaired) electrons. The summed E-state index contributed by atoms with van der Waals surface area (Å²) in [5.74, 6) is 0.150. The molecule has 2 aromatic heterocycles. The molecule has 3 aliphatic rings. The molecule has 37 heavy (non-hydrogen) atoms. The number of rotatable bonds is 4. The summed E-state index contributed by atoms with van der Waals surface area (Å²) in [5.41, 5.74) is 2.46. The first-order valence-electron chi connectivity index (χ1n) is 12.7. The molecule has 6 rings (SSSR count). The van der Waals surface area contributed by atoms with Crippen molar-refractivity contribution in [1.82, 2.24) is 28.9 Å². The normalized spacial score (nSPS) is 21.4. The number of carbonyl (C=O) groups is 2. The van der Waals surface area contributed by atoms with Crippen molar-refractivity contribution in [2.45, 2.75) is 25.4 Å². The molecule has 2 atom stereocenters. The summed E-state index contributed by atoms with van der Waals surface area (Å²) in [4.78, 5) is 44.6. The first kappa shape index (κ1) is 23.8. The maximum atomic E-state index is 13.2. The fourth-order valence-corrected chi connectivity index (χ4v) is 6.30. The zero-order valence-electron chi connectivity index (χ0n) is 20.5. The molecule has 5 heterocycles. The Morgan fingerprint density at radius 2 is 1.76 bits per heavy atom. The molecule has 0 aliphatic carbocycles. The number of piperazine rings is 1. The van der Waals surface area contributed by atoms with Crippen LogP contribution in [0.5, 0.6) is 0 Å². The second-order valence-corrected chi connectivity index (χ2v) is 10.8. The lowest BCUT2D eigenvalue weighted by molar-refractivity contribution is 0.0623. The van der Waals surface area contributed by atoms with Gasteiger partial charge in [0.1, 0.15) is 0 Å². The van der Waals surface area contributed by atoms with Crippen molar-refractivity contribution >= 4 is 28.5 Å². The maximum absolute atomic E-state index is 13.2. The Kier molecular flexibility index (Phi) is 6.47. The van der Waals surface area contributed by atoms with Crippen LogP contribution in [0.1, 0.15) is 34.1 Å². The van der Waals surface area contributed by atoms with E-state index in [2.05, 4.69) is 31.9 Å². The molecule has 10 nitrogen and oxygen atoms in total. The fourth-order valence-electron chi connectivity index (χ4n) is 5.75. The van der Waals surface area contributed by atoms with Crippen molar-refractivity contribution in [3.8, 4) is 0 Å². The number of hydrogen-bond acceptors (Lipinski definition) is 7. The van der Waals surface area contributed by atoms with Crippen LogP contribution >= 0.6 is 11.5 Å². The number of likely N-dealkylation sites (tertiary alicyclic amines) is 1. The van der Waals surface area contributed by atoms with Gasteiger partial charge in [-0.2, -0.15) is 0 Å². The Bertz CT molecular complexity index is 1350. The van der Waals surface area contributed by atoms with Gasteiger partial charge in [-0.1, -0.05) is 40.9 Å². The number of amides is 3. The van der Waals surface area contributed by atoms with Gasteiger partial charge in [0.05, 0.1) is 0 Å². The van der Waals surface area contributed by atoms with E-state index in [9.17, 15) is 14.4 Å². The summed E-state index contributed by atoms with van der Waals surface area (Å²) < 4.78 is 5.81. The topological polar surface area (TPSA) is 104 Å². The van der Waals surface area contributed by atoms with Crippen LogP contribution in [-0.4, -0.2) is 80.1 Å². The average Bonchev–Trinajstić information content (AvgIpc) is 3.38. The van der Waals surface area contributed by atoms with Crippen LogP contribution in [0.4, 0.5) is 9.80 Å². The summed E-state index contributed by atoms with van der Waals surface area (Å²) in [5, 5.41) is 7.35. The standard InChI is InChI=1S/C26H29N7O3S/c34-22-8-4-7-21-20-13-19(16-33(21)22)15-32(17-20)26(36)27-24-23(28-29-37-24)25(35)31-11-9-30(10-12-31)14-18-5-2-1-3-6-18/h1-8,19-20H,9-17H2,(H,27,36). The van der Waals surface area contributed by atoms with Gasteiger partial charge in [-0.05, 0) is 24.0 Å². The van der Waals surface area contributed by atoms with E-state index in [1.54, 1.807) is 21.9 Å². The van der Waals surface area contributed by atoms with E-state index >= 15 is 0 Å². The minimum absolute atomic E-state index is 0.0184. The predicted octanol–water partition coefficient (Wildman–Crippen LogP) is 2.31. The number of aromatic nitrogens is 3. The molecule has 0 spiro atoms. The lowest BCUT2D eigenvalue weighted by Crippen LogP contribution is -2.50. The Morgan fingerprint density at radius 1 is 0.946 bits per heavy atom. The third-order valence-electron chi connectivity index (χ3n) is 7.59. The molecule has 3 amide bonds. The van der Waals surface area contributed by atoms with Crippen LogP contribution in [-0.2, 0) is 13.1 Å². The molecule has 3 aromatic rings. The van der Waals surface area contributed by atoms with Crippen LogP contribution in [0.25, 0.3) is 0 Å². The van der Waals surface area contributed by atoms with Gasteiger partial charge >= 0.3 is 6.03 Å². The minimum atomic E-state index is -0.255. The second-order valence-electron chi connectivity index (χ2n) is 10.0. The van der Waals surface area contributed by atoms with Crippen LogP contribution in [0.15, 0.2) is 53.3 Å². The van der Waals surface area contributed by atoms with E-state index in [1.807, 2.05) is 28.8 Å². The molecular formula is C26H29N7O3S. The summed E-state index contributed by atoms with van der Waals surface area (Å²) in [6, 6.07) is 15.4. The van der Waals surface area contributed by atoms with Gasteiger partial charge in [-0.25, -0.2) is 4.79 Å². The number of carbonyl (C=O) groups excluding carboxylic acids is 2. The number of anilines is 1. The van der Waals surface area contributed by atoms with Gasteiger partial charge in [0, 0.05) is 81.6 Å². The highest BCUT2D eigenvalue weighted by molar-refractivity contribution is 7.10. The zero-order chi connectivity index (χ0) is 25.4. The lowest BCUT2D eigenvalue weighted by atomic mass is 9.83. The quantitative estimate of drug-likeness (QED) is 0.568. The van der Waals surface area contributed by atoms with Crippen molar-refractivity contribution in [3.63, 3.8) is 0 Å². The molecule has 2 unspecified atom stereocenters. The third kappa shape index (κ3) is 4.88. The highest BCUT2D eigenvalue weighted by Crippen LogP contribution is 2.35. The van der Waals surface area contributed by atoms with Crippen molar-refractivity contribution in [2.24, 2.45) is 5.92 Å². The minimum Gasteiger partial charge on any atom is -0.335 e. The SMILES string of the molecule is O=C(Nc1snnc1C(=O)N1CCN(Cc2ccccc2)CC1)N1CC2CC(C1)c1cccc(=O)n1C2. The van der Waals surface area contributed by atoms with Crippen LogP contribution in [0.3, 0.4) is 0 Å². The Labute approximate surface area is 218 Å². The number of benzene rings is 1. The molecule has 1 N–H and O–H groups in total. The van der Waals surface area contributed by atoms with E-state index < -0.39 is 0 Å². The number of piperidine rings is 1. The number of nitrogens with zero attached hydrogens (tertiary/aromatic N) is 6. The largest absolute Gasteiger partial charge is 0.335 e. The first-order chi connectivity index (χ1) is 18.0. The number of nitrogens with one attached hydrogen (secondary N) is 1. The molecule has 2 saturated heterocycles. The summed E-state index contributed by atoms with van der Waals surface area (Å²) in [6.07, 6.45) is 0.968. The average molecular weight is 520 g/mol. The van der Waals surface area contributed by atoms with Gasteiger partial charge in [-0.3, -0.25) is 19.8 Å². The lowest BCUT2D eigenvalue weighted by Gasteiger charge is -2.42. The number of hydrogen-bond donors (Lipinski definition) is 1. The fraction of sp³-hybridized carbons (Fsp3) is 0.423. The van der Waals surface area contributed by atoms with Crippen molar-refractivity contribution in [2.75, 3.05) is 44.6 Å². The Balaban J connectivity index is 1.08. The molecule has 2 bridgehead atoms. The van der Waals surface area contributed by atoms with Gasteiger partial charge in [0.15, 0.2) is 10.7 Å². The van der Waals surface area contributed by atoms with Crippen LogP contribution < -0.4 is 10.9 Å². The molecule has 0 saturated carbocycles. The van der Waals surface area contributed by atoms with E-state index in [0.29, 0.717) is 37.7 Å². The van der Waals surface area contributed by atoms with Crippen molar-refractivity contribution in [3.05, 3.63) is 75.8 Å². The van der Waals surface area contributed by atoms with E-state index in [4.69, 9.17) is 0 Å². The summed E-state index contributed by atoms with van der Waals surface area (Å²) >= 11 is 1.03. The van der Waals surface area contributed by atoms with E-state index in [1.165, 1.54) is 5.56 Å². The van der Waals surface area contributed by atoms with Gasteiger partial charge in [-0.15, -0.1) is 5.10 Å². The highest BCUT2D eigenvalue weighted by atomic mass is 32.1. The smallest absolute Gasteiger partial charge is 0.322 e. The Hall–Kier alpha value is -3.57. The molecule has 192 valence electrons. The number of fused-ring (bicyclic) bond motifs is 4. The molecular weight excluding hydrogens is 490 g/mol. The monoisotopic (exact) mass is 519 g/mol. The molecule has 1 aromatic carbocycles. The molecule has 11 heteroatoms. The van der Waals surface area contributed by atoms with Gasteiger partial charge in [0.25, 0.3) is 11.5 Å². The third-order valence-corrected chi connectivity index (χ3v) is 8.23. The maximum Gasteiger partial charge on any atom is 0.322 e. The van der Waals surface area contributed by atoms with E-state index in [-0.39, 0.29) is 35.0 Å². The van der Waals surface area contributed by atoms with Crippen LogP contribution in [0, 0.1) is 5.92 Å². The first-order valence-corrected chi connectivity index (χ1v) is 13.5. The van der Waals surface area contributed by atoms with Crippen molar-refractivity contribution in [1.29, 1.82) is 0 Å². The summed E-state index contributed by atoms with van der Waals surface area (Å²) in [7, 11) is 0. The predicted molar refractivity (Wildman–Crippen MR) is 140 cm³/mol. The van der Waals surface area contributed by atoms with Crippen LogP contribution in [0.2, 0.25) is 0 Å². The molecule has 2 fully saturated rings. The summed E-state index contributed by atoms with van der Waals surface area (Å²) in [6.45, 7) is 5.35. The highest BCUT2D eigenvalue weighted by Gasteiger charge is 2.37. The van der Waals surface area contributed by atoms with Gasteiger partial charge < -0.3 is 14.4 Å². The number of urea groups is 1.